The van der Waals surface area contributed by atoms with Crippen molar-refractivity contribution in [3.8, 4) is 0 Å². The molecular formula is C14H20N2O4S. The van der Waals surface area contributed by atoms with Gasteiger partial charge in [0.15, 0.2) is 6.10 Å². The first-order valence-corrected chi connectivity index (χ1v) is 7.73. The highest BCUT2D eigenvalue weighted by molar-refractivity contribution is 7.10. The predicted octanol–water partition coefficient (Wildman–Crippen LogP) is 1.10. The van der Waals surface area contributed by atoms with Gasteiger partial charge in [0.2, 0.25) is 5.91 Å². The molecule has 2 heterocycles. The Morgan fingerprint density at radius 2 is 2.19 bits per heavy atom. The summed E-state index contributed by atoms with van der Waals surface area (Å²) in [7, 11) is 3.92. The number of rotatable bonds is 6. The first-order chi connectivity index (χ1) is 9.99. The number of carbonyl (C=O) groups excluding carboxylic acids is 1. The number of carbonyl (C=O) groups is 2. The summed E-state index contributed by atoms with van der Waals surface area (Å²) >= 11 is 1.65. The summed E-state index contributed by atoms with van der Waals surface area (Å²) in [5.41, 5.74) is 0. The van der Waals surface area contributed by atoms with Gasteiger partial charge in [-0.25, -0.2) is 4.79 Å². The zero-order valence-corrected chi connectivity index (χ0v) is 12.9. The van der Waals surface area contributed by atoms with Crippen LogP contribution in [0.5, 0.6) is 0 Å². The second-order valence-electron chi connectivity index (χ2n) is 5.27. The van der Waals surface area contributed by atoms with E-state index >= 15 is 0 Å². The smallest absolute Gasteiger partial charge is 0.332 e. The van der Waals surface area contributed by atoms with E-state index in [9.17, 15) is 9.59 Å². The molecular weight excluding hydrogens is 292 g/mol. The van der Waals surface area contributed by atoms with E-state index in [1.807, 2.05) is 36.5 Å². The van der Waals surface area contributed by atoms with Crippen LogP contribution in [-0.4, -0.2) is 54.7 Å². The molecule has 116 valence electrons. The maximum Gasteiger partial charge on any atom is 0.332 e. The number of likely N-dealkylation sites (N-methyl/N-ethyl adjacent to an activating group) is 1. The van der Waals surface area contributed by atoms with Crippen molar-refractivity contribution >= 4 is 23.2 Å². The molecule has 2 N–H and O–H groups in total. The number of amides is 1. The third-order valence-electron chi connectivity index (χ3n) is 3.55. The second kappa shape index (κ2) is 7.02. The summed E-state index contributed by atoms with van der Waals surface area (Å²) < 4.78 is 5.25. The Kier molecular flexibility index (Phi) is 5.33. The molecule has 1 aliphatic heterocycles. The van der Waals surface area contributed by atoms with Crippen molar-refractivity contribution in [2.75, 3.05) is 20.6 Å². The summed E-state index contributed by atoms with van der Waals surface area (Å²) in [6, 6.07) is 4.12. The van der Waals surface area contributed by atoms with E-state index < -0.39 is 18.2 Å². The molecule has 0 radical (unpaired) electrons. The van der Waals surface area contributed by atoms with Gasteiger partial charge in [-0.15, -0.1) is 11.3 Å². The lowest BCUT2D eigenvalue weighted by Crippen LogP contribution is -2.40. The van der Waals surface area contributed by atoms with Gasteiger partial charge in [0.05, 0.1) is 6.04 Å². The molecule has 1 aliphatic rings. The molecule has 0 bridgehead atoms. The van der Waals surface area contributed by atoms with Crippen molar-refractivity contribution in [3.05, 3.63) is 22.4 Å². The van der Waals surface area contributed by atoms with E-state index in [0.29, 0.717) is 19.4 Å². The highest BCUT2D eigenvalue weighted by Gasteiger charge is 2.34. The van der Waals surface area contributed by atoms with Crippen LogP contribution in [0.15, 0.2) is 17.5 Å². The van der Waals surface area contributed by atoms with E-state index in [1.54, 1.807) is 11.3 Å². The minimum atomic E-state index is -1.00. The van der Waals surface area contributed by atoms with Crippen LogP contribution >= 0.6 is 11.3 Å². The number of hydrogen-bond acceptors (Lipinski definition) is 5. The molecule has 2 rings (SSSR count). The van der Waals surface area contributed by atoms with Crippen LogP contribution in [0.4, 0.5) is 0 Å². The van der Waals surface area contributed by atoms with Crippen molar-refractivity contribution in [1.82, 2.24) is 10.2 Å². The van der Waals surface area contributed by atoms with Gasteiger partial charge in [-0.1, -0.05) is 6.07 Å². The van der Waals surface area contributed by atoms with Gasteiger partial charge in [-0.05, 0) is 38.4 Å². The highest BCUT2D eigenvalue weighted by Crippen LogP contribution is 2.23. The van der Waals surface area contributed by atoms with Crippen LogP contribution in [0.3, 0.4) is 0 Å². The van der Waals surface area contributed by atoms with Gasteiger partial charge < -0.3 is 20.1 Å². The second-order valence-corrected chi connectivity index (χ2v) is 6.25. The first-order valence-electron chi connectivity index (χ1n) is 6.85. The normalized spacial score (nSPS) is 23.2. The number of ether oxygens (including phenoxy) is 1. The molecule has 0 aromatic carbocycles. The fraction of sp³-hybridized carbons (Fsp3) is 0.571. The van der Waals surface area contributed by atoms with Crippen LogP contribution in [0.2, 0.25) is 0 Å². The molecule has 1 aromatic heterocycles. The SMILES string of the molecule is CN(C)C(CNC(=O)[C@@H]1CC[C@H](C(=O)O)O1)c1cccs1. The molecule has 3 atom stereocenters. The quantitative estimate of drug-likeness (QED) is 0.822. The number of nitrogens with zero attached hydrogens (tertiary/aromatic N) is 1. The third kappa shape index (κ3) is 4.03. The van der Waals surface area contributed by atoms with Gasteiger partial charge >= 0.3 is 5.97 Å². The van der Waals surface area contributed by atoms with Crippen LogP contribution in [0.1, 0.15) is 23.8 Å². The molecule has 0 spiro atoms. The van der Waals surface area contributed by atoms with Crippen molar-refractivity contribution in [2.45, 2.75) is 31.1 Å². The molecule has 6 nitrogen and oxygen atoms in total. The average molecular weight is 312 g/mol. The van der Waals surface area contributed by atoms with Crippen LogP contribution in [0, 0.1) is 0 Å². The number of carboxylic acid groups (broad SMARTS) is 1. The lowest BCUT2D eigenvalue weighted by Gasteiger charge is -2.24. The number of aliphatic carboxylic acids is 1. The first kappa shape index (κ1) is 15.9. The number of thiophene rings is 1. The predicted molar refractivity (Wildman–Crippen MR) is 79.3 cm³/mol. The number of nitrogens with one attached hydrogen (secondary N) is 1. The van der Waals surface area contributed by atoms with E-state index in [4.69, 9.17) is 9.84 Å². The van der Waals surface area contributed by atoms with Crippen molar-refractivity contribution in [3.63, 3.8) is 0 Å². The van der Waals surface area contributed by atoms with Gasteiger partial charge in [0.1, 0.15) is 6.10 Å². The van der Waals surface area contributed by atoms with Gasteiger partial charge in [-0.3, -0.25) is 4.79 Å². The summed E-state index contributed by atoms with van der Waals surface area (Å²) in [5.74, 6) is -1.24. The lowest BCUT2D eigenvalue weighted by atomic mass is 10.1. The van der Waals surface area contributed by atoms with Crippen molar-refractivity contribution in [1.29, 1.82) is 0 Å². The topological polar surface area (TPSA) is 78.9 Å². The van der Waals surface area contributed by atoms with Gasteiger partial charge in [-0.2, -0.15) is 0 Å². The van der Waals surface area contributed by atoms with Crippen LogP contribution in [0.25, 0.3) is 0 Å². The molecule has 21 heavy (non-hydrogen) atoms. The molecule has 0 saturated carbocycles. The number of carboxylic acids is 1. The van der Waals surface area contributed by atoms with Gasteiger partial charge in [0, 0.05) is 11.4 Å². The standard InChI is InChI=1S/C14H20N2O4S/c1-16(2)9(12-4-3-7-21-12)8-15-13(17)10-5-6-11(20-10)14(18)19/h3-4,7,9-11H,5-6,8H2,1-2H3,(H,15,17)(H,18,19)/t9?,10-,11+/m0/s1. The average Bonchev–Trinajstić information content (AvgIpc) is 3.09. The molecule has 1 aromatic rings. The fourth-order valence-electron chi connectivity index (χ4n) is 2.34. The molecule has 1 saturated heterocycles. The Labute approximate surface area is 127 Å². The van der Waals surface area contributed by atoms with E-state index in [-0.39, 0.29) is 11.9 Å². The Morgan fingerprint density at radius 1 is 1.48 bits per heavy atom. The summed E-state index contributed by atoms with van der Waals surface area (Å²) in [4.78, 5) is 26.1. The maximum atomic E-state index is 12.1. The monoisotopic (exact) mass is 312 g/mol. The van der Waals surface area contributed by atoms with Crippen molar-refractivity contribution < 1.29 is 19.4 Å². The maximum absolute atomic E-state index is 12.1. The molecule has 7 heteroatoms. The Morgan fingerprint density at radius 3 is 2.71 bits per heavy atom. The number of hydrogen-bond donors (Lipinski definition) is 2. The minimum Gasteiger partial charge on any atom is -0.479 e. The summed E-state index contributed by atoms with van der Waals surface area (Å²) in [6.07, 6.45) is -0.677. The Balaban J connectivity index is 1.87. The molecule has 0 aliphatic carbocycles. The van der Waals surface area contributed by atoms with E-state index in [0.717, 1.165) is 0 Å². The Bertz CT molecular complexity index is 489. The zero-order valence-electron chi connectivity index (χ0n) is 12.1. The van der Waals surface area contributed by atoms with Crippen molar-refractivity contribution in [2.24, 2.45) is 0 Å². The van der Waals surface area contributed by atoms with E-state index in [1.165, 1.54) is 4.88 Å². The fourth-order valence-corrected chi connectivity index (χ4v) is 3.26. The summed E-state index contributed by atoms with van der Waals surface area (Å²) in [5, 5.41) is 13.7. The lowest BCUT2D eigenvalue weighted by molar-refractivity contribution is -0.151. The molecule has 1 unspecified atom stereocenters. The molecule has 1 amide bonds. The highest BCUT2D eigenvalue weighted by atomic mass is 32.1. The van der Waals surface area contributed by atoms with Crippen LogP contribution < -0.4 is 5.32 Å². The molecule has 1 fully saturated rings. The minimum absolute atomic E-state index is 0.102. The van der Waals surface area contributed by atoms with Gasteiger partial charge in [0.25, 0.3) is 0 Å². The van der Waals surface area contributed by atoms with Crippen LogP contribution in [-0.2, 0) is 14.3 Å². The third-order valence-corrected chi connectivity index (χ3v) is 4.53. The van der Waals surface area contributed by atoms with E-state index in [2.05, 4.69) is 5.32 Å². The zero-order chi connectivity index (χ0) is 15.4. The largest absolute Gasteiger partial charge is 0.479 e. The summed E-state index contributed by atoms with van der Waals surface area (Å²) in [6.45, 7) is 0.476. The Hall–Kier alpha value is -1.44.